The lowest BCUT2D eigenvalue weighted by Gasteiger charge is -2.18. The van der Waals surface area contributed by atoms with E-state index >= 15 is 0 Å². The summed E-state index contributed by atoms with van der Waals surface area (Å²) in [5.41, 5.74) is -0.854. The molecule has 0 N–H and O–H groups in total. The maximum atomic E-state index is 9.69. The maximum absolute atomic E-state index is 9.69. The lowest BCUT2D eigenvalue weighted by Crippen LogP contribution is -1.90. The second-order valence-electron chi connectivity index (χ2n) is 11.5. The van der Waals surface area contributed by atoms with Crippen LogP contribution in [0.1, 0.15) is 23.3 Å². The molecule has 1 heterocycles. The van der Waals surface area contributed by atoms with Crippen molar-refractivity contribution in [1.82, 2.24) is 0 Å². The molecule has 0 aliphatic rings. The molecule has 9 aromatic carbocycles. The highest BCUT2D eigenvalue weighted by atomic mass is 16.3. The largest absolute Gasteiger partial charge is 0.456 e. The number of hydrogen-bond acceptors (Lipinski definition) is 1. The fourth-order valence-corrected chi connectivity index (χ4v) is 6.46. The second-order valence-corrected chi connectivity index (χ2v) is 11.5. The Balaban J connectivity index is 1.28. The maximum Gasteiger partial charge on any atom is 0.135 e. The van der Waals surface area contributed by atoms with Gasteiger partial charge in [-0.3, -0.25) is 0 Å². The highest BCUT2D eigenvalue weighted by molar-refractivity contribution is 6.21. The highest BCUT2D eigenvalue weighted by Gasteiger charge is 2.17. The molecule has 0 atom stereocenters. The van der Waals surface area contributed by atoms with Crippen molar-refractivity contribution in [1.29, 1.82) is 0 Å². The summed E-state index contributed by atoms with van der Waals surface area (Å²) in [7, 11) is 0. The van der Waals surface area contributed by atoms with Gasteiger partial charge in [0, 0.05) is 10.8 Å². The van der Waals surface area contributed by atoms with Crippen LogP contribution in [0.15, 0.2) is 186 Å². The summed E-state index contributed by atoms with van der Waals surface area (Å²) in [6.07, 6.45) is 0. The Morgan fingerprint density at radius 1 is 0.327 bits per heavy atom. The van der Waals surface area contributed by atoms with Gasteiger partial charge in [0.05, 0.1) is 23.3 Å². The van der Waals surface area contributed by atoms with Crippen molar-refractivity contribution >= 4 is 54.3 Å². The summed E-state index contributed by atoms with van der Waals surface area (Å²) in [6.45, 7) is 0. The Morgan fingerprint density at radius 2 is 0.776 bits per heavy atom. The third-order valence-electron chi connectivity index (χ3n) is 8.63. The van der Waals surface area contributed by atoms with Crippen LogP contribution in [-0.2, 0) is 0 Å². The average Bonchev–Trinajstić information content (AvgIpc) is 3.73. The van der Waals surface area contributed by atoms with Crippen molar-refractivity contribution in [2.75, 3.05) is 0 Å². The molecular weight excluding hydrogens is 593 g/mol. The van der Waals surface area contributed by atoms with Crippen LogP contribution in [0.4, 0.5) is 0 Å². The molecule has 10 rings (SSSR count). The van der Waals surface area contributed by atoms with Gasteiger partial charge in [-0.05, 0) is 113 Å². The molecular formula is C48H30O. The fraction of sp³-hybridized carbons (Fsp3) is 0. The molecule has 0 amide bonds. The second kappa shape index (κ2) is 11.1. The van der Waals surface area contributed by atoms with E-state index < -0.39 is 136 Å². The monoisotopic (exact) mass is 639 g/mol. The summed E-state index contributed by atoms with van der Waals surface area (Å²) < 4.78 is 159. The Kier molecular flexibility index (Phi) is 3.54. The molecule has 0 spiro atoms. The van der Waals surface area contributed by atoms with Crippen molar-refractivity contribution in [3.63, 3.8) is 0 Å². The SMILES string of the molecule is [2H]c1c([2H])c([2H])c(-c2c([2H])c([2H])c3oc4c([2H])c([2H])c(-c5c([2H])c([2H])c6c([2H])c(-c7c8ccccc8c(-c8ccccc8)c8ccccc78)c([2H])c([2H])c6c5[2H])c([2H])c4c3c2[2H])c([2H])c1[2H]. The minimum absolute atomic E-state index is 0.000455. The molecule has 0 aliphatic heterocycles. The smallest absolute Gasteiger partial charge is 0.135 e. The Morgan fingerprint density at radius 3 is 1.37 bits per heavy atom. The van der Waals surface area contributed by atoms with Gasteiger partial charge < -0.3 is 4.42 Å². The van der Waals surface area contributed by atoms with Crippen LogP contribution in [0.2, 0.25) is 0 Å². The number of fused-ring (bicyclic) bond motifs is 6. The zero-order valence-corrected chi connectivity index (χ0v) is 25.4. The molecule has 0 saturated heterocycles. The van der Waals surface area contributed by atoms with Crippen molar-refractivity contribution in [2.24, 2.45) is 0 Å². The van der Waals surface area contributed by atoms with Crippen LogP contribution in [0.25, 0.3) is 98.8 Å². The average molecular weight is 640 g/mol. The molecule has 1 aromatic heterocycles. The number of hydrogen-bond donors (Lipinski definition) is 0. The van der Waals surface area contributed by atoms with Crippen LogP contribution < -0.4 is 0 Å². The molecule has 10 aromatic rings. The molecule has 0 aliphatic carbocycles. The summed E-state index contributed by atoms with van der Waals surface area (Å²) in [6, 6.07) is 13.2. The lowest BCUT2D eigenvalue weighted by atomic mass is 9.85. The van der Waals surface area contributed by atoms with Gasteiger partial charge >= 0.3 is 0 Å². The lowest BCUT2D eigenvalue weighted by molar-refractivity contribution is 0.669. The first-order chi connectivity index (χ1) is 31.4. The third-order valence-corrected chi connectivity index (χ3v) is 8.63. The van der Waals surface area contributed by atoms with E-state index in [1.54, 1.807) is 0 Å². The quantitative estimate of drug-likeness (QED) is 0.175. The molecule has 1 heteroatoms. The third kappa shape index (κ3) is 4.55. The van der Waals surface area contributed by atoms with E-state index in [4.69, 9.17) is 16.8 Å². The van der Waals surface area contributed by atoms with E-state index in [0.29, 0.717) is 16.3 Å². The van der Waals surface area contributed by atoms with Gasteiger partial charge in [0.1, 0.15) is 11.2 Å². The minimum Gasteiger partial charge on any atom is -0.456 e. The summed E-state index contributed by atoms with van der Waals surface area (Å²) >= 11 is 0. The first-order valence-electron chi connectivity index (χ1n) is 24.0. The van der Waals surface area contributed by atoms with E-state index in [1.165, 1.54) is 0 Å². The van der Waals surface area contributed by atoms with E-state index in [0.717, 1.165) is 21.9 Å². The van der Waals surface area contributed by atoms with Crippen LogP contribution in [0, 0.1) is 0 Å². The molecule has 49 heavy (non-hydrogen) atoms. The summed E-state index contributed by atoms with van der Waals surface area (Å²) in [4.78, 5) is 0. The van der Waals surface area contributed by atoms with Gasteiger partial charge in [-0.15, -0.1) is 0 Å². The standard InChI is InChI=1S/C48H30O/c1-3-11-31(12-4-1)36-23-25-45-43(29-36)44-30-37(24-26-46(44)49-45)34-19-20-35-28-38(22-21-33(35)27-34)48-41-17-9-7-15-39(41)47(32-13-5-2-6-14-32)40-16-8-10-18-42(40)48/h1-30H/i1D,3D,4D,11D,12D,19D,20D,21D,22D,23D,24D,25D,26D,27D,28D,29D,30D. The Bertz CT molecular complexity index is 3760. The molecule has 0 radical (unpaired) electrons. The topological polar surface area (TPSA) is 13.1 Å². The first-order valence-corrected chi connectivity index (χ1v) is 15.5. The Hall–Kier alpha value is -6.44. The molecule has 1 nitrogen and oxygen atoms in total. The van der Waals surface area contributed by atoms with Gasteiger partial charge in [0.15, 0.2) is 0 Å². The predicted octanol–water partition coefficient (Wildman–Crippen LogP) is 13.7. The fourth-order valence-electron chi connectivity index (χ4n) is 6.46. The van der Waals surface area contributed by atoms with Crippen LogP contribution in [0.3, 0.4) is 0 Å². The first kappa shape index (κ1) is 15.6. The van der Waals surface area contributed by atoms with Crippen molar-refractivity contribution in [3.8, 4) is 44.5 Å². The molecule has 0 saturated carbocycles. The van der Waals surface area contributed by atoms with Gasteiger partial charge in [0.25, 0.3) is 0 Å². The van der Waals surface area contributed by atoms with Crippen molar-refractivity contribution in [3.05, 3.63) is 182 Å². The van der Waals surface area contributed by atoms with Crippen molar-refractivity contribution in [2.45, 2.75) is 0 Å². The van der Waals surface area contributed by atoms with E-state index in [1.807, 2.05) is 78.9 Å². The number of benzene rings is 9. The van der Waals surface area contributed by atoms with E-state index in [2.05, 4.69) is 0 Å². The molecule has 0 unspecified atom stereocenters. The van der Waals surface area contributed by atoms with Crippen LogP contribution in [-0.4, -0.2) is 0 Å². The number of furan rings is 1. The minimum atomic E-state index is -0.757. The highest BCUT2D eigenvalue weighted by Crippen LogP contribution is 2.44. The van der Waals surface area contributed by atoms with E-state index in [-0.39, 0.29) is 27.1 Å². The van der Waals surface area contributed by atoms with Gasteiger partial charge in [-0.1, -0.05) is 145 Å². The summed E-state index contributed by atoms with van der Waals surface area (Å²) in [5, 5.41) is 1.52. The zero-order valence-electron chi connectivity index (χ0n) is 42.4. The van der Waals surface area contributed by atoms with Crippen LogP contribution in [0.5, 0.6) is 0 Å². The molecule has 228 valence electrons. The summed E-state index contributed by atoms with van der Waals surface area (Å²) in [5.74, 6) is 0. The van der Waals surface area contributed by atoms with Crippen LogP contribution >= 0.6 is 0 Å². The molecule has 0 fully saturated rings. The normalized spacial score (nSPS) is 16.5. The van der Waals surface area contributed by atoms with Gasteiger partial charge in [-0.2, -0.15) is 0 Å². The molecule has 0 bridgehead atoms. The predicted molar refractivity (Wildman–Crippen MR) is 208 cm³/mol. The number of rotatable bonds is 4. The van der Waals surface area contributed by atoms with Gasteiger partial charge in [-0.25, -0.2) is 0 Å². The van der Waals surface area contributed by atoms with Gasteiger partial charge in [0.2, 0.25) is 0 Å². The zero-order chi connectivity index (χ0) is 47.1. The van der Waals surface area contributed by atoms with Crippen molar-refractivity contribution < 1.29 is 27.7 Å². The Labute approximate surface area is 308 Å². The van der Waals surface area contributed by atoms with E-state index in [9.17, 15) is 11.0 Å².